The molecule has 0 radical (unpaired) electrons. The number of aromatic nitrogens is 2. The minimum Gasteiger partial charge on any atom is -0.481 e. The average molecular weight is 536 g/mol. The zero-order valence-corrected chi connectivity index (χ0v) is 21.2. The number of anilines is 1. The van der Waals surface area contributed by atoms with Crippen molar-refractivity contribution in [1.29, 1.82) is 0 Å². The molecule has 40 heavy (non-hydrogen) atoms. The SMILES string of the molecule is O=C(O)CC(NC(=O)c1cccn2c(NCc3ccccc3)c(-c3ccccc3)nc12)c1cccc([N+](=O)[O-])c1. The molecule has 3 aromatic carbocycles. The number of nitrogens with zero attached hydrogens (tertiary/aromatic N) is 3. The van der Waals surface area contributed by atoms with Crippen molar-refractivity contribution in [2.45, 2.75) is 19.0 Å². The van der Waals surface area contributed by atoms with Crippen LogP contribution in [0, 0.1) is 10.1 Å². The van der Waals surface area contributed by atoms with Crippen LogP contribution in [0.2, 0.25) is 0 Å². The quantitative estimate of drug-likeness (QED) is 0.159. The van der Waals surface area contributed by atoms with Crippen LogP contribution >= 0.6 is 0 Å². The Morgan fingerprint density at radius 3 is 2.38 bits per heavy atom. The van der Waals surface area contributed by atoms with Gasteiger partial charge in [0.05, 0.1) is 22.9 Å². The maximum absolute atomic E-state index is 13.6. The first kappa shape index (κ1) is 26.1. The molecular weight excluding hydrogens is 510 g/mol. The lowest BCUT2D eigenvalue weighted by molar-refractivity contribution is -0.384. The van der Waals surface area contributed by atoms with Gasteiger partial charge in [-0.15, -0.1) is 0 Å². The van der Waals surface area contributed by atoms with E-state index in [2.05, 4.69) is 10.6 Å². The highest BCUT2D eigenvalue weighted by molar-refractivity contribution is 6.01. The maximum Gasteiger partial charge on any atom is 0.305 e. The maximum atomic E-state index is 13.6. The highest BCUT2D eigenvalue weighted by atomic mass is 16.6. The van der Waals surface area contributed by atoms with E-state index >= 15 is 0 Å². The van der Waals surface area contributed by atoms with Gasteiger partial charge in [-0.05, 0) is 23.3 Å². The van der Waals surface area contributed by atoms with Gasteiger partial charge in [0.15, 0.2) is 5.65 Å². The summed E-state index contributed by atoms with van der Waals surface area (Å²) in [6, 6.07) is 27.4. The fraction of sp³-hybridized carbons (Fsp3) is 0.100. The van der Waals surface area contributed by atoms with E-state index in [0.29, 0.717) is 29.3 Å². The number of nitro groups is 1. The summed E-state index contributed by atoms with van der Waals surface area (Å²) >= 11 is 0. The van der Waals surface area contributed by atoms with Gasteiger partial charge >= 0.3 is 5.97 Å². The number of carboxylic acids is 1. The molecule has 1 amide bonds. The van der Waals surface area contributed by atoms with Crippen LogP contribution in [-0.4, -0.2) is 31.3 Å². The number of carbonyl (C=O) groups is 2. The summed E-state index contributed by atoms with van der Waals surface area (Å²) in [6.07, 6.45) is 1.35. The topological polar surface area (TPSA) is 139 Å². The lowest BCUT2D eigenvalue weighted by Gasteiger charge is -2.18. The molecule has 5 aromatic rings. The monoisotopic (exact) mass is 535 g/mol. The van der Waals surface area contributed by atoms with Crippen LogP contribution in [0.4, 0.5) is 11.5 Å². The van der Waals surface area contributed by atoms with Crippen molar-refractivity contribution in [3.8, 4) is 11.3 Å². The number of hydrogen-bond donors (Lipinski definition) is 3. The highest BCUT2D eigenvalue weighted by Gasteiger charge is 2.24. The van der Waals surface area contributed by atoms with Gasteiger partial charge in [-0.2, -0.15) is 0 Å². The van der Waals surface area contributed by atoms with Crippen LogP contribution in [0.15, 0.2) is 103 Å². The summed E-state index contributed by atoms with van der Waals surface area (Å²) in [5.41, 5.74) is 3.30. The van der Waals surface area contributed by atoms with Crippen LogP contribution in [0.25, 0.3) is 16.9 Å². The molecule has 0 spiro atoms. The first-order valence-corrected chi connectivity index (χ1v) is 12.5. The number of amides is 1. The number of benzene rings is 3. The molecule has 1 atom stereocenters. The average Bonchev–Trinajstić information content (AvgIpc) is 3.35. The molecule has 0 aliphatic heterocycles. The van der Waals surface area contributed by atoms with Crippen molar-refractivity contribution < 1.29 is 19.6 Å². The van der Waals surface area contributed by atoms with Gasteiger partial charge in [-0.3, -0.25) is 24.1 Å². The van der Waals surface area contributed by atoms with Crippen molar-refractivity contribution in [1.82, 2.24) is 14.7 Å². The van der Waals surface area contributed by atoms with Gasteiger partial charge < -0.3 is 15.7 Å². The smallest absolute Gasteiger partial charge is 0.305 e. The molecular formula is C30H25N5O5. The molecule has 5 rings (SSSR count). The second-order valence-electron chi connectivity index (χ2n) is 9.11. The molecule has 2 heterocycles. The summed E-state index contributed by atoms with van der Waals surface area (Å²) in [4.78, 5) is 40.7. The van der Waals surface area contributed by atoms with Gasteiger partial charge in [0.2, 0.25) is 0 Å². The Balaban J connectivity index is 1.53. The van der Waals surface area contributed by atoms with Crippen LogP contribution in [0.5, 0.6) is 0 Å². The Kier molecular flexibility index (Phi) is 7.49. The number of aliphatic carboxylic acids is 1. The largest absolute Gasteiger partial charge is 0.481 e. The summed E-state index contributed by atoms with van der Waals surface area (Å²) in [5, 5.41) is 27.0. The van der Waals surface area contributed by atoms with E-state index in [0.717, 1.165) is 11.1 Å². The minimum atomic E-state index is -1.16. The number of non-ortho nitro benzene ring substituents is 1. The molecule has 2 aromatic heterocycles. The Hall–Kier alpha value is -5.51. The molecule has 10 nitrogen and oxygen atoms in total. The zero-order chi connectivity index (χ0) is 28.1. The van der Waals surface area contributed by atoms with Gasteiger partial charge in [-0.1, -0.05) is 72.8 Å². The number of rotatable bonds is 10. The number of nitro benzene ring substituents is 1. The fourth-order valence-electron chi connectivity index (χ4n) is 4.51. The van der Waals surface area contributed by atoms with Crippen molar-refractivity contribution >= 4 is 29.0 Å². The van der Waals surface area contributed by atoms with Crippen LogP contribution in [0.1, 0.15) is 33.9 Å². The standard InChI is InChI=1S/C30H25N5O5/c36-26(37)18-25(22-13-7-14-23(17-22)35(39)40)32-30(38)24-15-8-16-34-28(24)33-27(21-11-5-2-6-12-21)29(34)31-19-20-9-3-1-4-10-20/h1-17,25,31H,18-19H2,(H,32,38)(H,36,37). The fourth-order valence-corrected chi connectivity index (χ4v) is 4.51. The molecule has 3 N–H and O–H groups in total. The number of pyridine rings is 1. The van der Waals surface area contributed by atoms with Gasteiger partial charge in [0.25, 0.3) is 11.6 Å². The van der Waals surface area contributed by atoms with Gasteiger partial charge in [0.1, 0.15) is 11.5 Å². The summed E-state index contributed by atoms with van der Waals surface area (Å²) in [5.74, 6) is -1.02. The third-order valence-electron chi connectivity index (χ3n) is 6.41. The Morgan fingerprint density at radius 1 is 0.950 bits per heavy atom. The van der Waals surface area contributed by atoms with Gasteiger partial charge in [0, 0.05) is 30.4 Å². The second-order valence-corrected chi connectivity index (χ2v) is 9.11. The van der Waals surface area contributed by atoms with E-state index in [-0.39, 0.29) is 11.3 Å². The van der Waals surface area contributed by atoms with E-state index in [1.54, 1.807) is 28.8 Å². The number of fused-ring (bicyclic) bond motifs is 1. The van der Waals surface area contributed by atoms with E-state index < -0.39 is 29.3 Å². The van der Waals surface area contributed by atoms with Crippen LogP contribution in [-0.2, 0) is 11.3 Å². The predicted octanol–water partition coefficient (Wildman–Crippen LogP) is 5.47. The van der Waals surface area contributed by atoms with Crippen molar-refractivity contribution in [2.24, 2.45) is 0 Å². The zero-order valence-electron chi connectivity index (χ0n) is 21.2. The molecule has 0 aliphatic rings. The summed E-state index contributed by atoms with van der Waals surface area (Å²) < 4.78 is 1.79. The van der Waals surface area contributed by atoms with E-state index in [9.17, 15) is 24.8 Å². The lowest BCUT2D eigenvalue weighted by atomic mass is 10.0. The minimum absolute atomic E-state index is 0.195. The first-order chi connectivity index (χ1) is 19.4. The molecule has 0 saturated heterocycles. The van der Waals surface area contributed by atoms with E-state index in [1.807, 2.05) is 60.7 Å². The van der Waals surface area contributed by atoms with Crippen molar-refractivity contribution in [3.05, 3.63) is 130 Å². The molecule has 10 heteroatoms. The van der Waals surface area contributed by atoms with Crippen LogP contribution in [0.3, 0.4) is 0 Å². The van der Waals surface area contributed by atoms with E-state index in [1.165, 1.54) is 18.2 Å². The Labute approximate surface area is 229 Å². The third-order valence-corrected chi connectivity index (χ3v) is 6.41. The lowest BCUT2D eigenvalue weighted by Crippen LogP contribution is -2.30. The summed E-state index contributed by atoms with van der Waals surface area (Å²) in [7, 11) is 0. The second kappa shape index (κ2) is 11.5. The van der Waals surface area contributed by atoms with E-state index in [4.69, 9.17) is 4.98 Å². The van der Waals surface area contributed by atoms with Crippen molar-refractivity contribution in [3.63, 3.8) is 0 Å². The van der Waals surface area contributed by atoms with Crippen LogP contribution < -0.4 is 10.6 Å². The summed E-state index contributed by atoms with van der Waals surface area (Å²) in [6.45, 7) is 0.526. The molecule has 0 fully saturated rings. The van der Waals surface area contributed by atoms with Crippen molar-refractivity contribution in [2.75, 3.05) is 5.32 Å². The normalized spacial score (nSPS) is 11.6. The number of hydrogen-bond acceptors (Lipinski definition) is 6. The third kappa shape index (κ3) is 5.65. The number of nitrogens with one attached hydrogen (secondary N) is 2. The predicted molar refractivity (Wildman–Crippen MR) is 150 cm³/mol. The molecule has 0 aliphatic carbocycles. The van der Waals surface area contributed by atoms with Gasteiger partial charge in [-0.25, -0.2) is 4.98 Å². The highest BCUT2D eigenvalue weighted by Crippen LogP contribution is 2.31. The molecule has 0 saturated carbocycles. The first-order valence-electron chi connectivity index (χ1n) is 12.5. The molecule has 0 bridgehead atoms. The Morgan fingerprint density at radius 2 is 1.68 bits per heavy atom. The molecule has 1 unspecified atom stereocenters. The molecule has 200 valence electrons. The number of carboxylic acid groups (broad SMARTS) is 1. The Bertz CT molecular complexity index is 1690. The number of imidazole rings is 1. The number of carbonyl (C=O) groups excluding carboxylic acids is 1.